The van der Waals surface area contributed by atoms with E-state index in [2.05, 4.69) is 28.1 Å². The molecule has 0 aromatic carbocycles. The molecular weight excluding hydrogens is 170 g/mol. The molecule has 0 aromatic rings. The summed E-state index contributed by atoms with van der Waals surface area (Å²) >= 11 is 0. The highest BCUT2D eigenvalue weighted by atomic mass is 35.5. The van der Waals surface area contributed by atoms with E-state index in [-0.39, 0.29) is 12.4 Å². The van der Waals surface area contributed by atoms with Crippen molar-refractivity contribution in [2.45, 2.75) is 39.0 Å². The molecule has 0 bridgehead atoms. The summed E-state index contributed by atoms with van der Waals surface area (Å²) in [5, 5.41) is 0. The van der Waals surface area contributed by atoms with Crippen LogP contribution in [0.4, 0.5) is 0 Å². The van der Waals surface area contributed by atoms with Crippen molar-refractivity contribution in [1.82, 2.24) is 0 Å². The summed E-state index contributed by atoms with van der Waals surface area (Å²) in [6, 6.07) is 0. The van der Waals surface area contributed by atoms with E-state index in [4.69, 9.17) is 0 Å². The lowest BCUT2D eigenvalue weighted by atomic mass is 10.1. The lowest BCUT2D eigenvalue weighted by Gasteiger charge is -2.23. The first-order valence-corrected chi connectivity index (χ1v) is 4.86. The van der Waals surface area contributed by atoms with Crippen LogP contribution in [0.25, 0.3) is 0 Å². The number of halogens is 1. The first-order chi connectivity index (χ1) is 5.06. The Morgan fingerprint density at radius 3 is 1.75 bits per heavy atom. The van der Waals surface area contributed by atoms with Gasteiger partial charge >= 0.3 is 0 Å². The molecule has 0 N–H and O–H groups in total. The quantitative estimate of drug-likeness (QED) is 0.401. The van der Waals surface area contributed by atoms with E-state index in [0.29, 0.717) is 0 Å². The van der Waals surface area contributed by atoms with E-state index in [9.17, 15) is 0 Å². The predicted octanol–water partition coefficient (Wildman–Crippen LogP) is -0.333. The summed E-state index contributed by atoms with van der Waals surface area (Å²) in [6.45, 7) is 3.59. The Kier molecular flexibility index (Phi) is 9.69. The van der Waals surface area contributed by atoms with Crippen LogP contribution in [0.1, 0.15) is 39.0 Å². The first kappa shape index (κ1) is 14.8. The molecule has 12 heavy (non-hydrogen) atoms. The van der Waals surface area contributed by atoms with Gasteiger partial charge in [0.15, 0.2) is 0 Å². The largest absolute Gasteiger partial charge is 1.00 e. The van der Waals surface area contributed by atoms with Crippen LogP contribution >= 0.6 is 0 Å². The van der Waals surface area contributed by atoms with E-state index in [1.54, 1.807) is 0 Å². The van der Waals surface area contributed by atoms with E-state index in [0.717, 1.165) is 4.48 Å². The van der Waals surface area contributed by atoms with Gasteiger partial charge in [-0.15, -0.1) is 0 Å². The molecule has 2 heteroatoms. The summed E-state index contributed by atoms with van der Waals surface area (Å²) in [5.74, 6) is 0. The smallest absolute Gasteiger partial charge is 0.0780 e. The minimum atomic E-state index is 0. The zero-order valence-corrected chi connectivity index (χ0v) is 9.82. The number of hydrogen-bond donors (Lipinski definition) is 0. The molecule has 0 heterocycles. The maximum atomic E-state index is 2.26. The molecule has 0 aliphatic rings. The van der Waals surface area contributed by atoms with Gasteiger partial charge in [-0.2, -0.15) is 0 Å². The Morgan fingerprint density at radius 1 is 0.833 bits per heavy atom. The van der Waals surface area contributed by atoms with Crippen molar-refractivity contribution in [3.63, 3.8) is 0 Å². The number of rotatable bonds is 6. The molecule has 0 aromatic heterocycles. The average Bonchev–Trinajstić information content (AvgIpc) is 1.85. The van der Waals surface area contributed by atoms with Crippen molar-refractivity contribution in [3.8, 4) is 0 Å². The van der Waals surface area contributed by atoms with Gasteiger partial charge in [-0.05, 0) is 12.8 Å². The fourth-order valence-corrected chi connectivity index (χ4v) is 1.19. The first-order valence-electron chi connectivity index (χ1n) is 4.86. The van der Waals surface area contributed by atoms with Crippen LogP contribution in [-0.2, 0) is 0 Å². The number of hydrogen-bond acceptors (Lipinski definition) is 0. The maximum absolute atomic E-state index is 2.26. The molecule has 0 aliphatic carbocycles. The van der Waals surface area contributed by atoms with Gasteiger partial charge in [0.2, 0.25) is 0 Å². The van der Waals surface area contributed by atoms with Crippen LogP contribution < -0.4 is 12.4 Å². The molecule has 0 fully saturated rings. The van der Waals surface area contributed by atoms with Gasteiger partial charge in [0.25, 0.3) is 0 Å². The minimum absolute atomic E-state index is 0. The average molecular weight is 194 g/mol. The summed E-state index contributed by atoms with van der Waals surface area (Å²) in [5.41, 5.74) is 0. The van der Waals surface area contributed by atoms with Crippen molar-refractivity contribution in [2.75, 3.05) is 27.7 Å². The molecule has 0 saturated carbocycles. The van der Waals surface area contributed by atoms with Crippen LogP contribution in [0.15, 0.2) is 0 Å². The molecule has 0 atom stereocenters. The van der Waals surface area contributed by atoms with Gasteiger partial charge in [0.1, 0.15) is 0 Å². The molecule has 0 spiro atoms. The lowest BCUT2D eigenvalue weighted by molar-refractivity contribution is -0.870. The van der Waals surface area contributed by atoms with Crippen molar-refractivity contribution >= 4 is 0 Å². The summed E-state index contributed by atoms with van der Waals surface area (Å²) in [6.07, 6.45) is 7.00. The van der Waals surface area contributed by atoms with Gasteiger partial charge in [-0.1, -0.05) is 26.2 Å². The fraction of sp³-hybridized carbons (Fsp3) is 1.00. The molecule has 0 unspecified atom stereocenters. The van der Waals surface area contributed by atoms with E-state index < -0.39 is 0 Å². The maximum Gasteiger partial charge on any atom is 0.0780 e. The molecule has 0 saturated heterocycles. The fourth-order valence-electron chi connectivity index (χ4n) is 1.19. The second-order valence-electron chi connectivity index (χ2n) is 4.43. The van der Waals surface area contributed by atoms with Crippen LogP contribution in [0.2, 0.25) is 0 Å². The standard InChI is InChI=1S/C10H24N.ClH/c1-5-6-7-8-9-10-11(2,3)4;/h5-10H2,1-4H3;1H/q+1;/p-1. The molecule has 0 aliphatic heterocycles. The topological polar surface area (TPSA) is 0 Å². The van der Waals surface area contributed by atoms with Gasteiger partial charge in [-0.25, -0.2) is 0 Å². The van der Waals surface area contributed by atoms with Gasteiger partial charge in [0.05, 0.1) is 27.7 Å². The second kappa shape index (κ2) is 7.88. The summed E-state index contributed by atoms with van der Waals surface area (Å²) in [7, 11) is 6.79. The van der Waals surface area contributed by atoms with Crippen LogP contribution in [0.3, 0.4) is 0 Å². The molecule has 1 nitrogen and oxygen atoms in total. The Bertz CT molecular complexity index is 86.3. The van der Waals surface area contributed by atoms with Gasteiger partial charge < -0.3 is 16.9 Å². The molecule has 76 valence electrons. The highest BCUT2D eigenvalue weighted by molar-refractivity contribution is 4.40. The lowest BCUT2D eigenvalue weighted by Crippen LogP contribution is -3.00. The SMILES string of the molecule is CCCCCCC[N+](C)(C)C.[Cl-]. The third-order valence-electron chi connectivity index (χ3n) is 1.93. The second-order valence-corrected chi connectivity index (χ2v) is 4.43. The van der Waals surface area contributed by atoms with Crippen molar-refractivity contribution in [3.05, 3.63) is 0 Å². The summed E-state index contributed by atoms with van der Waals surface area (Å²) < 4.78 is 1.12. The third kappa shape index (κ3) is 12.9. The zero-order valence-electron chi connectivity index (χ0n) is 9.07. The van der Waals surface area contributed by atoms with Crippen molar-refractivity contribution < 1.29 is 16.9 Å². The number of unbranched alkanes of at least 4 members (excludes halogenated alkanes) is 4. The number of nitrogens with zero attached hydrogens (tertiary/aromatic N) is 1. The normalized spacial score (nSPS) is 11.0. The third-order valence-corrected chi connectivity index (χ3v) is 1.93. The summed E-state index contributed by atoms with van der Waals surface area (Å²) in [4.78, 5) is 0. The zero-order chi connectivity index (χ0) is 8.74. The van der Waals surface area contributed by atoms with E-state index in [1.807, 2.05) is 0 Å². The molecule has 0 amide bonds. The van der Waals surface area contributed by atoms with E-state index >= 15 is 0 Å². The van der Waals surface area contributed by atoms with Crippen molar-refractivity contribution in [2.24, 2.45) is 0 Å². The molecular formula is C10H24ClN. The Balaban J connectivity index is 0. The van der Waals surface area contributed by atoms with Gasteiger partial charge in [-0.3, -0.25) is 0 Å². The minimum Gasteiger partial charge on any atom is -1.00 e. The predicted molar refractivity (Wildman–Crippen MR) is 51.7 cm³/mol. The monoisotopic (exact) mass is 193 g/mol. The molecule has 0 rings (SSSR count). The van der Waals surface area contributed by atoms with E-state index in [1.165, 1.54) is 38.6 Å². The molecule has 0 radical (unpaired) electrons. The Labute approximate surface area is 84.1 Å². The highest BCUT2D eigenvalue weighted by Gasteiger charge is 2.04. The Morgan fingerprint density at radius 2 is 1.33 bits per heavy atom. The Hall–Kier alpha value is 0.250. The van der Waals surface area contributed by atoms with Crippen LogP contribution in [0, 0.1) is 0 Å². The highest BCUT2D eigenvalue weighted by Crippen LogP contribution is 2.04. The number of quaternary nitrogens is 1. The van der Waals surface area contributed by atoms with Crippen LogP contribution in [-0.4, -0.2) is 32.2 Å². The van der Waals surface area contributed by atoms with Gasteiger partial charge in [0, 0.05) is 0 Å². The van der Waals surface area contributed by atoms with Crippen LogP contribution in [0.5, 0.6) is 0 Å². The van der Waals surface area contributed by atoms with Crippen molar-refractivity contribution in [1.29, 1.82) is 0 Å².